The lowest BCUT2D eigenvalue weighted by atomic mass is 10.0. The highest BCUT2D eigenvalue weighted by Gasteiger charge is 2.31. The van der Waals surface area contributed by atoms with Crippen LogP contribution < -0.4 is 0 Å². The number of benzene rings is 1. The Bertz CT molecular complexity index is 652. The lowest BCUT2D eigenvalue weighted by Crippen LogP contribution is -2.52. The monoisotopic (exact) mass is 417 g/mol. The van der Waals surface area contributed by atoms with Crippen LogP contribution in [-0.4, -0.2) is 70.4 Å². The number of amides is 3. The SMILES string of the molecule is CCC(=O)N1CCC(N(Cc2ccccc2)C(=O)N2CCCCCC2)CC1.O=CO. The molecule has 2 heterocycles. The van der Waals surface area contributed by atoms with Gasteiger partial charge in [-0.2, -0.15) is 0 Å². The Labute approximate surface area is 179 Å². The molecule has 0 radical (unpaired) electrons. The van der Waals surface area contributed by atoms with E-state index in [1.54, 1.807) is 0 Å². The van der Waals surface area contributed by atoms with Crippen molar-refractivity contribution in [3.8, 4) is 0 Å². The number of nitrogens with zero attached hydrogens (tertiary/aromatic N) is 3. The molecule has 0 aliphatic carbocycles. The Morgan fingerprint density at radius 2 is 1.57 bits per heavy atom. The van der Waals surface area contributed by atoms with E-state index in [0.717, 1.165) is 51.9 Å². The van der Waals surface area contributed by atoms with Gasteiger partial charge < -0.3 is 19.8 Å². The predicted octanol–water partition coefficient (Wildman–Crippen LogP) is 3.59. The summed E-state index contributed by atoms with van der Waals surface area (Å²) < 4.78 is 0. The molecule has 2 fully saturated rings. The van der Waals surface area contributed by atoms with Crippen molar-refractivity contribution >= 4 is 18.4 Å². The first-order valence-corrected chi connectivity index (χ1v) is 11.1. The average Bonchev–Trinajstić information content (AvgIpc) is 3.07. The molecule has 0 saturated carbocycles. The molecular formula is C23H35N3O4. The average molecular weight is 418 g/mol. The molecule has 0 spiro atoms. The van der Waals surface area contributed by atoms with Crippen molar-refractivity contribution in [2.75, 3.05) is 26.2 Å². The van der Waals surface area contributed by atoms with E-state index in [-0.39, 0.29) is 24.5 Å². The molecule has 2 saturated heterocycles. The normalized spacial score (nSPS) is 17.4. The van der Waals surface area contributed by atoms with Gasteiger partial charge in [0, 0.05) is 45.2 Å². The molecule has 0 atom stereocenters. The van der Waals surface area contributed by atoms with E-state index in [0.29, 0.717) is 13.0 Å². The second kappa shape index (κ2) is 12.9. The van der Waals surface area contributed by atoms with Crippen LogP contribution in [-0.2, 0) is 16.1 Å². The number of carbonyl (C=O) groups is 3. The molecular weight excluding hydrogens is 382 g/mol. The first-order chi connectivity index (χ1) is 14.6. The van der Waals surface area contributed by atoms with Crippen LogP contribution in [0.1, 0.15) is 57.4 Å². The van der Waals surface area contributed by atoms with Crippen molar-refractivity contribution in [3.63, 3.8) is 0 Å². The minimum atomic E-state index is -0.250. The van der Waals surface area contributed by atoms with Gasteiger partial charge in [-0.3, -0.25) is 9.59 Å². The molecule has 0 aromatic heterocycles. The second-order valence-corrected chi connectivity index (χ2v) is 7.87. The van der Waals surface area contributed by atoms with Crippen LogP contribution in [0, 0.1) is 0 Å². The van der Waals surface area contributed by atoms with Crippen molar-refractivity contribution in [1.29, 1.82) is 0 Å². The van der Waals surface area contributed by atoms with Crippen molar-refractivity contribution in [1.82, 2.24) is 14.7 Å². The van der Waals surface area contributed by atoms with Crippen molar-refractivity contribution in [3.05, 3.63) is 35.9 Å². The molecule has 2 aliphatic rings. The third-order valence-corrected chi connectivity index (χ3v) is 5.88. The number of rotatable bonds is 4. The molecule has 0 unspecified atom stereocenters. The minimum Gasteiger partial charge on any atom is -0.483 e. The van der Waals surface area contributed by atoms with E-state index < -0.39 is 0 Å². The summed E-state index contributed by atoms with van der Waals surface area (Å²) in [5.74, 6) is 0.224. The Morgan fingerprint density at radius 3 is 2.10 bits per heavy atom. The Hall–Kier alpha value is -2.57. The summed E-state index contributed by atoms with van der Waals surface area (Å²) >= 11 is 0. The molecule has 7 nitrogen and oxygen atoms in total. The summed E-state index contributed by atoms with van der Waals surface area (Å²) in [6.07, 6.45) is 6.96. The van der Waals surface area contributed by atoms with Crippen LogP contribution in [0.25, 0.3) is 0 Å². The van der Waals surface area contributed by atoms with Gasteiger partial charge in [-0.1, -0.05) is 50.1 Å². The Kier molecular flexibility index (Phi) is 10.2. The van der Waals surface area contributed by atoms with Crippen LogP contribution in [0.2, 0.25) is 0 Å². The van der Waals surface area contributed by atoms with Gasteiger partial charge in [0.05, 0.1) is 0 Å². The van der Waals surface area contributed by atoms with Crippen LogP contribution >= 0.6 is 0 Å². The van der Waals surface area contributed by atoms with Gasteiger partial charge in [-0.05, 0) is 31.2 Å². The zero-order chi connectivity index (χ0) is 21.8. The fourth-order valence-electron chi connectivity index (χ4n) is 4.23. The van der Waals surface area contributed by atoms with Gasteiger partial charge in [0.15, 0.2) is 0 Å². The quantitative estimate of drug-likeness (QED) is 0.759. The fraction of sp³-hybridized carbons (Fsp3) is 0.609. The summed E-state index contributed by atoms with van der Waals surface area (Å²) in [5.41, 5.74) is 1.17. The third kappa shape index (κ3) is 7.04. The molecule has 166 valence electrons. The summed E-state index contributed by atoms with van der Waals surface area (Å²) in [5, 5.41) is 6.89. The topological polar surface area (TPSA) is 81.2 Å². The van der Waals surface area contributed by atoms with Crippen LogP contribution in [0.4, 0.5) is 4.79 Å². The molecule has 3 amide bonds. The van der Waals surface area contributed by atoms with Crippen molar-refractivity contribution in [2.45, 2.75) is 64.5 Å². The van der Waals surface area contributed by atoms with Crippen LogP contribution in [0.15, 0.2) is 30.3 Å². The number of carboxylic acid groups (broad SMARTS) is 1. The molecule has 7 heteroatoms. The lowest BCUT2D eigenvalue weighted by molar-refractivity contribution is -0.132. The van der Waals surface area contributed by atoms with Crippen LogP contribution in [0.5, 0.6) is 0 Å². The van der Waals surface area contributed by atoms with Crippen molar-refractivity contribution < 1.29 is 19.5 Å². The summed E-state index contributed by atoms with van der Waals surface area (Å²) in [6, 6.07) is 10.7. The van der Waals surface area contributed by atoms with Gasteiger partial charge in [0.2, 0.25) is 5.91 Å². The molecule has 3 rings (SSSR count). The zero-order valence-corrected chi connectivity index (χ0v) is 18.0. The highest BCUT2D eigenvalue weighted by Crippen LogP contribution is 2.22. The smallest absolute Gasteiger partial charge is 0.320 e. The largest absolute Gasteiger partial charge is 0.483 e. The van der Waals surface area contributed by atoms with E-state index in [2.05, 4.69) is 21.9 Å². The lowest BCUT2D eigenvalue weighted by Gasteiger charge is -2.40. The Balaban J connectivity index is 0.00000101. The van der Waals surface area contributed by atoms with E-state index >= 15 is 0 Å². The molecule has 1 N–H and O–H groups in total. The van der Waals surface area contributed by atoms with Crippen molar-refractivity contribution in [2.24, 2.45) is 0 Å². The van der Waals surface area contributed by atoms with Gasteiger partial charge in [0.1, 0.15) is 0 Å². The van der Waals surface area contributed by atoms with Gasteiger partial charge in [-0.25, -0.2) is 4.79 Å². The minimum absolute atomic E-state index is 0.182. The van der Waals surface area contributed by atoms with Crippen LogP contribution in [0.3, 0.4) is 0 Å². The third-order valence-electron chi connectivity index (χ3n) is 5.88. The Morgan fingerprint density at radius 1 is 1.00 bits per heavy atom. The van der Waals surface area contributed by atoms with E-state index in [1.165, 1.54) is 18.4 Å². The highest BCUT2D eigenvalue weighted by atomic mass is 16.3. The maximum atomic E-state index is 13.4. The first-order valence-electron chi connectivity index (χ1n) is 11.1. The fourth-order valence-corrected chi connectivity index (χ4v) is 4.23. The highest BCUT2D eigenvalue weighted by molar-refractivity contribution is 5.76. The molecule has 0 bridgehead atoms. The summed E-state index contributed by atoms with van der Waals surface area (Å²) in [4.78, 5) is 39.8. The number of hydrogen-bond acceptors (Lipinski definition) is 3. The maximum Gasteiger partial charge on any atom is 0.320 e. The summed E-state index contributed by atoms with van der Waals surface area (Å²) in [6.45, 7) is 5.59. The predicted molar refractivity (Wildman–Crippen MR) is 116 cm³/mol. The maximum absolute atomic E-state index is 13.4. The summed E-state index contributed by atoms with van der Waals surface area (Å²) in [7, 11) is 0. The first kappa shape index (κ1) is 23.7. The number of hydrogen-bond donors (Lipinski definition) is 1. The molecule has 30 heavy (non-hydrogen) atoms. The zero-order valence-electron chi connectivity index (χ0n) is 18.0. The number of urea groups is 1. The second-order valence-electron chi connectivity index (χ2n) is 7.87. The molecule has 1 aromatic carbocycles. The standard InChI is InChI=1S/C22H33N3O2.CH2O2/c1-2-21(26)23-16-12-20(13-17-23)25(18-19-10-6-5-7-11-19)22(27)24-14-8-3-4-9-15-24;2-1-3/h5-7,10-11,20H,2-4,8-9,12-18H2,1H3;1H,(H,2,3). The molecule has 1 aromatic rings. The number of piperidine rings is 1. The van der Waals surface area contributed by atoms with Gasteiger partial charge in [-0.15, -0.1) is 0 Å². The number of carbonyl (C=O) groups excluding carboxylic acids is 2. The van der Waals surface area contributed by atoms with Gasteiger partial charge >= 0.3 is 6.03 Å². The van der Waals surface area contributed by atoms with E-state index in [9.17, 15) is 9.59 Å². The van der Waals surface area contributed by atoms with E-state index in [1.807, 2.05) is 30.0 Å². The van der Waals surface area contributed by atoms with Gasteiger partial charge in [0.25, 0.3) is 6.47 Å². The van der Waals surface area contributed by atoms with E-state index in [4.69, 9.17) is 9.90 Å². The number of likely N-dealkylation sites (tertiary alicyclic amines) is 2. The molecule has 2 aliphatic heterocycles.